The van der Waals surface area contributed by atoms with Gasteiger partial charge in [0.15, 0.2) is 5.92 Å². The van der Waals surface area contributed by atoms with E-state index < -0.39 is 11.9 Å². The van der Waals surface area contributed by atoms with Gasteiger partial charge in [-0.1, -0.05) is 26.0 Å². The predicted octanol–water partition coefficient (Wildman–Crippen LogP) is 2.36. The van der Waals surface area contributed by atoms with E-state index in [2.05, 4.69) is 10.3 Å². The van der Waals surface area contributed by atoms with Gasteiger partial charge in [0.1, 0.15) is 0 Å². The fourth-order valence-corrected chi connectivity index (χ4v) is 3.09. The number of aromatic nitrogens is 2. The van der Waals surface area contributed by atoms with Crippen LogP contribution in [0.2, 0.25) is 0 Å². The van der Waals surface area contributed by atoms with E-state index in [-0.39, 0.29) is 24.5 Å². The second-order valence-electron chi connectivity index (χ2n) is 5.75. The van der Waals surface area contributed by atoms with Crippen LogP contribution in [0.1, 0.15) is 26.8 Å². The van der Waals surface area contributed by atoms with Gasteiger partial charge in [0.25, 0.3) is 0 Å². The van der Waals surface area contributed by atoms with Gasteiger partial charge in [0.05, 0.1) is 23.7 Å². The van der Waals surface area contributed by atoms with Gasteiger partial charge in [-0.2, -0.15) is 0 Å². The van der Waals surface area contributed by atoms with Crippen LogP contribution >= 0.6 is 0 Å². The van der Waals surface area contributed by atoms with Crippen LogP contribution in [-0.4, -0.2) is 28.0 Å². The van der Waals surface area contributed by atoms with E-state index in [0.717, 1.165) is 11.0 Å². The smallest absolute Gasteiger partial charge is 0.320 e. The third kappa shape index (κ3) is 2.15. The lowest BCUT2D eigenvalue weighted by molar-refractivity contribution is -0.154. The normalized spacial score (nSPS) is 20.8. The van der Waals surface area contributed by atoms with Gasteiger partial charge in [0, 0.05) is 0 Å². The van der Waals surface area contributed by atoms with E-state index in [4.69, 9.17) is 4.74 Å². The lowest BCUT2D eigenvalue weighted by Crippen LogP contribution is -2.44. The minimum Gasteiger partial charge on any atom is -0.465 e. The molecule has 1 N–H and O–H groups in total. The van der Waals surface area contributed by atoms with Crippen molar-refractivity contribution in [3.63, 3.8) is 0 Å². The number of rotatable bonds is 3. The van der Waals surface area contributed by atoms with E-state index in [9.17, 15) is 9.59 Å². The average molecular weight is 301 g/mol. The lowest BCUT2D eigenvalue weighted by Gasteiger charge is -2.34. The zero-order valence-corrected chi connectivity index (χ0v) is 12.9. The van der Waals surface area contributed by atoms with Gasteiger partial charge >= 0.3 is 5.97 Å². The zero-order chi connectivity index (χ0) is 15.9. The standard InChI is InChI=1S/C16H19N3O3/c1-4-22-15(21)12-13(9(2)3)19-11-8-6-5-7-10(11)17-16(19)18-14(12)20/h5-9,12-13H,4H2,1-3H3,(H,17,18,20)/t12-,13-/m1/s1. The number of ether oxygens (including phenoxy) is 1. The Labute approximate surface area is 128 Å². The second kappa shape index (κ2) is 5.44. The molecule has 6 heteroatoms. The maximum Gasteiger partial charge on any atom is 0.320 e. The number of nitrogens with zero attached hydrogens (tertiary/aromatic N) is 2. The van der Waals surface area contributed by atoms with Crippen molar-refractivity contribution in [3.8, 4) is 0 Å². The summed E-state index contributed by atoms with van der Waals surface area (Å²) in [5, 5.41) is 2.74. The summed E-state index contributed by atoms with van der Waals surface area (Å²) in [5.74, 6) is -1.12. The molecule has 2 atom stereocenters. The Balaban J connectivity index is 2.17. The molecule has 0 spiro atoms. The Morgan fingerprint density at radius 3 is 2.82 bits per heavy atom. The highest BCUT2D eigenvalue weighted by molar-refractivity contribution is 6.06. The van der Waals surface area contributed by atoms with Crippen LogP contribution in [0.4, 0.5) is 5.95 Å². The Morgan fingerprint density at radius 2 is 2.14 bits per heavy atom. The van der Waals surface area contributed by atoms with Crippen LogP contribution in [-0.2, 0) is 14.3 Å². The number of fused-ring (bicyclic) bond motifs is 3. The zero-order valence-electron chi connectivity index (χ0n) is 12.9. The second-order valence-corrected chi connectivity index (χ2v) is 5.75. The minimum atomic E-state index is -0.856. The molecular weight excluding hydrogens is 282 g/mol. The third-order valence-electron chi connectivity index (χ3n) is 3.98. The fourth-order valence-electron chi connectivity index (χ4n) is 3.09. The molecule has 1 aromatic heterocycles. The van der Waals surface area contributed by atoms with Crippen LogP contribution in [0.25, 0.3) is 11.0 Å². The Morgan fingerprint density at radius 1 is 1.41 bits per heavy atom. The van der Waals surface area contributed by atoms with Crippen LogP contribution in [0.5, 0.6) is 0 Å². The Hall–Kier alpha value is -2.37. The monoisotopic (exact) mass is 301 g/mol. The molecule has 0 unspecified atom stereocenters. The van der Waals surface area contributed by atoms with Crippen molar-refractivity contribution >= 4 is 28.9 Å². The van der Waals surface area contributed by atoms with Gasteiger partial charge in [-0.3, -0.25) is 14.9 Å². The summed E-state index contributed by atoms with van der Waals surface area (Å²) in [6, 6.07) is 7.35. The molecule has 0 radical (unpaired) electrons. The van der Waals surface area contributed by atoms with E-state index >= 15 is 0 Å². The summed E-state index contributed by atoms with van der Waals surface area (Å²) in [7, 11) is 0. The van der Waals surface area contributed by atoms with Gasteiger partial charge in [-0.15, -0.1) is 0 Å². The molecule has 0 aliphatic carbocycles. The van der Waals surface area contributed by atoms with Crippen LogP contribution < -0.4 is 5.32 Å². The molecule has 22 heavy (non-hydrogen) atoms. The third-order valence-corrected chi connectivity index (χ3v) is 3.98. The van der Waals surface area contributed by atoms with Crippen LogP contribution in [0, 0.1) is 11.8 Å². The highest BCUT2D eigenvalue weighted by Gasteiger charge is 2.44. The highest BCUT2D eigenvalue weighted by Crippen LogP contribution is 2.38. The van der Waals surface area contributed by atoms with Crippen LogP contribution in [0.3, 0.4) is 0 Å². The topological polar surface area (TPSA) is 73.2 Å². The molecule has 6 nitrogen and oxygen atoms in total. The summed E-state index contributed by atoms with van der Waals surface area (Å²) in [5.41, 5.74) is 1.71. The van der Waals surface area contributed by atoms with Gasteiger partial charge < -0.3 is 9.30 Å². The Kier molecular flexibility index (Phi) is 3.60. The number of amides is 1. The summed E-state index contributed by atoms with van der Waals surface area (Å²) in [4.78, 5) is 29.1. The maximum absolute atomic E-state index is 12.4. The first kappa shape index (κ1) is 14.6. The van der Waals surface area contributed by atoms with E-state index in [0.29, 0.717) is 5.95 Å². The Bertz CT molecular complexity index is 735. The first-order valence-corrected chi connectivity index (χ1v) is 7.49. The predicted molar refractivity (Wildman–Crippen MR) is 82.4 cm³/mol. The van der Waals surface area contributed by atoms with E-state index in [1.807, 2.05) is 42.7 Å². The summed E-state index contributed by atoms with van der Waals surface area (Å²) in [6.07, 6.45) is 0. The molecule has 0 bridgehead atoms. The number of anilines is 1. The molecule has 1 amide bonds. The molecule has 1 aromatic carbocycles. The quantitative estimate of drug-likeness (QED) is 0.697. The molecular formula is C16H19N3O3. The van der Waals surface area contributed by atoms with Gasteiger partial charge in [-0.05, 0) is 25.0 Å². The van der Waals surface area contributed by atoms with Crippen LogP contribution in [0.15, 0.2) is 24.3 Å². The summed E-state index contributed by atoms with van der Waals surface area (Å²) < 4.78 is 7.05. The first-order valence-electron chi connectivity index (χ1n) is 7.49. The van der Waals surface area contributed by atoms with Gasteiger partial charge in [-0.25, -0.2) is 4.98 Å². The number of para-hydroxylation sites is 2. The fraction of sp³-hybridized carbons (Fsp3) is 0.438. The molecule has 0 saturated heterocycles. The number of hydrogen-bond donors (Lipinski definition) is 1. The number of hydrogen-bond acceptors (Lipinski definition) is 4. The molecule has 2 heterocycles. The molecule has 2 aromatic rings. The number of benzene rings is 1. The van der Waals surface area contributed by atoms with Crippen molar-refractivity contribution in [2.45, 2.75) is 26.8 Å². The molecule has 1 aliphatic heterocycles. The van der Waals surface area contributed by atoms with Crippen molar-refractivity contribution in [1.82, 2.24) is 9.55 Å². The SMILES string of the molecule is CCOC(=O)[C@H]1C(=O)Nc2nc3ccccc3n2[C@@H]1C(C)C. The summed E-state index contributed by atoms with van der Waals surface area (Å²) >= 11 is 0. The highest BCUT2D eigenvalue weighted by atomic mass is 16.5. The maximum atomic E-state index is 12.4. The number of imidazole rings is 1. The molecule has 3 rings (SSSR count). The number of carbonyl (C=O) groups excluding carboxylic acids is 2. The van der Waals surface area contributed by atoms with Crippen molar-refractivity contribution in [1.29, 1.82) is 0 Å². The summed E-state index contributed by atoms with van der Waals surface area (Å²) in [6.45, 7) is 5.98. The molecule has 0 saturated carbocycles. The molecule has 1 aliphatic rings. The number of nitrogens with one attached hydrogen (secondary N) is 1. The molecule has 116 valence electrons. The lowest BCUT2D eigenvalue weighted by atomic mass is 9.88. The average Bonchev–Trinajstić information content (AvgIpc) is 2.83. The first-order chi connectivity index (χ1) is 10.5. The van der Waals surface area contributed by atoms with Crippen molar-refractivity contribution in [3.05, 3.63) is 24.3 Å². The number of esters is 1. The van der Waals surface area contributed by atoms with Crippen molar-refractivity contribution in [2.75, 3.05) is 11.9 Å². The van der Waals surface area contributed by atoms with E-state index in [1.54, 1.807) is 6.92 Å². The minimum absolute atomic E-state index is 0.0804. The van der Waals surface area contributed by atoms with Crippen molar-refractivity contribution < 1.29 is 14.3 Å². The van der Waals surface area contributed by atoms with Crippen molar-refractivity contribution in [2.24, 2.45) is 11.8 Å². The van der Waals surface area contributed by atoms with E-state index in [1.165, 1.54) is 0 Å². The molecule has 0 fully saturated rings. The number of carbonyl (C=O) groups is 2. The largest absolute Gasteiger partial charge is 0.465 e. The van der Waals surface area contributed by atoms with Gasteiger partial charge in [0.2, 0.25) is 11.9 Å².